The number of nitrogens with two attached hydrogens (primary N) is 1. The summed E-state index contributed by atoms with van der Waals surface area (Å²) in [4.78, 5) is 27.6. The van der Waals surface area contributed by atoms with Crippen molar-refractivity contribution in [2.45, 2.75) is 25.7 Å². The van der Waals surface area contributed by atoms with Gasteiger partial charge in [0.15, 0.2) is 5.13 Å². The Kier molecular flexibility index (Phi) is 3.57. The van der Waals surface area contributed by atoms with Crippen molar-refractivity contribution in [2.75, 3.05) is 5.32 Å². The number of hydrogen-bond acceptors (Lipinski definition) is 5. The summed E-state index contributed by atoms with van der Waals surface area (Å²) in [6, 6.07) is 4.22. The summed E-state index contributed by atoms with van der Waals surface area (Å²) in [5.41, 5.74) is 9.54. The molecular weight excluding hydrogens is 326 g/mol. The van der Waals surface area contributed by atoms with Crippen LogP contribution in [0.25, 0.3) is 11.0 Å². The number of benzene rings is 1. The highest BCUT2D eigenvalue weighted by Gasteiger charge is 2.17. The summed E-state index contributed by atoms with van der Waals surface area (Å²) in [6.07, 6.45) is 6.53. The van der Waals surface area contributed by atoms with Gasteiger partial charge < -0.3 is 15.5 Å². The monoisotopic (exact) mass is 341 g/mol. The number of primary amides is 1. The van der Waals surface area contributed by atoms with E-state index in [2.05, 4.69) is 22.4 Å². The first-order valence-corrected chi connectivity index (χ1v) is 8.49. The maximum Gasteiger partial charge on any atom is 0.260 e. The number of carbonyl (C=O) groups is 2. The van der Waals surface area contributed by atoms with E-state index in [1.54, 1.807) is 6.26 Å². The van der Waals surface area contributed by atoms with Gasteiger partial charge in [0.2, 0.25) is 5.91 Å². The van der Waals surface area contributed by atoms with Gasteiger partial charge >= 0.3 is 0 Å². The van der Waals surface area contributed by atoms with Gasteiger partial charge in [0.05, 0.1) is 18.9 Å². The molecule has 0 aliphatic heterocycles. The number of aryl methyl sites for hydroxylation is 2. The van der Waals surface area contributed by atoms with Gasteiger partial charge in [0, 0.05) is 10.9 Å². The third-order valence-electron chi connectivity index (χ3n) is 4.21. The van der Waals surface area contributed by atoms with Crippen LogP contribution < -0.4 is 11.1 Å². The molecule has 0 atom stereocenters. The van der Waals surface area contributed by atoms with Gasteiger partial charge in [-0.3, -0.25) is 9.59 Å². The first-order valence-electron chi connectivity index (χ1n) is 7.67. The van der Waals surface area contributed by atoms with E-state index in [0.29, 0.717) is 10.0 Å². The fourth-order valence-corrected chi connectivity index (χ4v) is 3.75. The summed E-state index contributed by atoms with van der Waals surface area (Å²) >= 11 is 1.06. The Hall–Kier alpha value is -2.67. The number of fused-ring (bicyclic) bond motifs is 2. The maximum absolute atomic E-state index is 12.2. The zero-order chi connectivity index (χ0) is 16.7. The smallest absolute Gasteiger partial charge is 0.260 e. The molecule has 0 fully saturated rings. The van der Waals surface area contributed by atoms with Gasteiger partial charge in [-0.25, -0.2) is 4.98 Å². The van der Waals surface area contributed by atoms with Crippen LogP contribution in [-0.2, 0) is 24.1 Å². The molecule has 2 aromatic heterocycles. The second-order valence-electron chi connectivity index (χ2n) is 5.85. The molecule has 6 nitrogen and oxygen atoms in total. The maximum atomic E-state index is 12.2. The van der Waals surface area contributed by atoms with Gasteiger partial charge in [0.25, 0.3) is 5.91 Å². The largest absolute Gasteiger partial charge is 0.464 e. The summed E-state index contributed by atoms with van der Waals surface area (Å²) in [5, 5.41) is 4.04. The lowest BCUT2D eigenvalue weighted by Gasteiger charge is -2.02. The highest BCUT2D eigenvalue weighted by atomic mass is 32.1. The molecule has 1 aliphatic rings. The Labute approximate surface area is 141 Å². The van der Waals surface area contributed by atoms with Crippen LogP contribution in [0.1, 0.15) is 32.8 Å². The topological polar surface area (TPSA) is 98.2 Å². The van der Waals surface area contributed by atoms with Gasteiger partial charge in [-0.15, -0.1) is 0 Å². The van der Waals surface area contributed by atoms with Crippen molar-refractivity contribution in [1.29, 1.82) is 0 Å². The van der Waals surface area contributed by atoms with E-state index in [1.807, 2.05) is 0 Å². The van der Waals surface area contributed by atoms with Gasteiger partial charge in [-0.1, -0.05) is 11.3 Å². The van der Waals surface area contributed by atoms with Crippen LogP contribution in [-0.4, -0.2) is 16.8 Å². The zero-order valence-corrected chi connectivity index (χ0v) is 13.6. The Balaban J connectivity index is 1.53. The second kappa shape index (κ2) is 5.76. The summed E-state index contributed by atoms with van der Waals surface area (Å²) in [5.74, 6) is -0.758. The predicted octanol–water partition coefficient (Wildman–Crippen LogP) is 2.66. The predicted molar refractivity (Wildman–Crippen MR) is 91.2 cm³/mol. The third kappa shape index (κ3) is 2.67. The number of anilines is 1. The van der Waals surface area contributed by atoms with E-state index < -0.39 is 5.91 Å². The first-order chi connectivity index (χ1) is 11.6. The molecule has 0 unspecified atom stereocenters. The van der Waals surface area contributed by atoms with Crippen molar-refractivity contribution in [3.63, 3.8) is 0 Å². The second-order valence-corrected chi connectivity index (χ2v) is 6.88. The van der Waals surface area contributed by atoms with Crippen molar-refractivity contribution in [2.24, 2.45) is 5.73 Å². The van der Waals surface area contributed by atoms with E-state index >= 15 is 0 Å². The molecule has 122 valence electrons. The van der Waals surface area contributed by atoms with Crippen LogP contribution in [0, 0.1) is 0 Å². The van der Waals surface area contributed by atoms with Gasteiger partial charge in [-0.05, 0) is 42.5 Å². The minimum Gasteiger partial charge on any atom is -0.464 e. The molecule has 0 saturated heterocycles. The van der Waals surface area contributed by atoms with E-state index in [1.165, 1.54) is 23.7 Å². The number of nitrogens with zero attached hydrogens (tertiary/aromatic N) is 1. The van der Waals surface area contributed by atoms with E-state index in [-0.39, 0.29) is 12.3 Å². The lowest BCUT2D eigenvalue weighted by molar-refractivity contribution is -0.115. The van der Waals surface area contributed by atoms with Crippen molar-refractivity contribution in [3.8, 4) is 0 Å². The van der Waals surface area contributed by atoms with E-state index in [9.17, 15) is 9.59 Å². The molecule has 2 amide bonds. The number of aromatic nitrogens is 1. The van der Waals surface area contributed by atoms with E-state index in [0.717, 1.165) is 40.7 Å². The molecule has 3 N–H and O–H groups in total. The van der Waals surface area contributed by atoms with Crippen LogP contribution in [0.2, 0.25) is 0 Å². The van der Waals surface area contributed by atoms with Crippen molar-refractivity contribution < 1.29 is 14.0 Å². The summed E-state index contributed by atoms with van der Waals surface area (Å²) in [7, 11) is 0. The number of rotatable bonds is 4. The average Bonchev–Trinajstić information content (AvgIpc) is 3.25. The molecule has 2 heterocycles. The molecule has 7 heteroatoms. The van der Waals surface area contributed by atoms with Crippen LogP contribution in [0.5, 0.6) is 0 Å². The number of nitrogens with one attached hydrogen (secondary N) is 1. The highest BCUT2D eigenvalue weighted by molar-refractivity contribution is 7.17. The lowest BCUT2D eigenvalue weighted by Crippen LogP contribution is -2.14. The minimum absolute atomic E-state index is 0.192. The molecule has 1 aliphatic carbocycles. The molecule has 1 aromatic carbocycles. The number of amides is 2. The fourth-order valence-electron chi connectivity index (χ4n) is 3.07. The van der Waals surface area contributed by atoms with Crippen molar-refractivity contribution in [3.05, 3.63) is 46.2 Å². The number of thiazole rings is 1. The van der Waals surface area contributed by atoms with Crippen molar-refractivity contribution in [1.82, 2.24) is 4.98 Å². The quantitative estimate of drug-likeness (QED) is 0.762. The molecule has 24 heavy (non-hydrogen) atoms. The normalized spacial score (nSPS) is 13.2. The first kappa shape index (κ1) is 14.9. The Morgan fingerprint density at radius 3 is 2.83 bits per heavy atom. The zero-order valence-electron chi connectivity index (χ0n) is 12.8. The minimum atomic E-state index is -0.553. The standard InChI is InChI=1S/C17H15N3O3S/c18-16(22)14-7-19-17(24-14)20-15(21)6-11-8-23-13-5-10-3-1-2-9(10)4-12(11)13/h4-5,7-8H,1-3,6H2,(H2,18,22)(H,19,20,21). The molecule has 4 rings (SSSR count). The summed E-state index contributed by atoms with van der Waals surface area (Å²) in [6.45, 7) is 0. The lowest BCUT2D eigenvalue weighted by atomic mass is 10.0. The number of furan rings is 1. The van der Waals surface area contributed by atoms with Crippen LogP contribution >= 0.6 is 11.3 Å². The van der Waals surface area contributed by atoms with Crippen LogP contribution in [0.4, 0.5) is 5.13 Å². The molecule has 0 bridgehead atoms. The number of hydrogen-bond donors (Lipinski definition) is 2. The van der Waals surface area contributed by atoms with Crippen LogP contribution in [0.3, 0.4) is 0 Å². The van der Waals surface area contributed by atoms with Crippen molar-refractivity contribution >= 4 is 39.3 Å². The van der Waals surface area contributed by atoms with Crippen LogP contribution in [0.15, 0.2) is 29.0 Å². The Bertz CT molecular complexity index is 957. The molecule has 3 aromatic rings. The molecule has 0 radical (unpaired) electrons. The average molecular weight is 341 g/mol. The summed E-state index contributed by atoms with van der Waals surface area (Å²) < 4.78 is 5.61. The van der Waals surface area contributed by atoms with Gasteiger partial charge in [0.1, 0.15) is 10.5 Å². The Morgan fingerprint density at radius 2 is 2.08 bits per heavy atom. The number of carbonyl (C=O) groups excluding carboxylic acids is 2. The Morgan fingerprint density at radius 1 is 1.29 bits per heavy atom. The fraction of sp³-hybridized carbons (Fsp3) is 0.235. The molecule has 0 spiro atoms. The molecular formula is C17H15N3O3S. The van der Waals surface area contributed by atoms with E-state index in [4.69, 9.17) is 10.2 Å². The highest BCUT2D eigenvalue weighted by Crippen LogP contribution is 2.30. The SMILES string of the molecule is NC(=O)c1cnc(NC(=O)Cc2coc3cc4c(cc23)CCC4)s1. The third-order valence-corrected chi connectivity index (χ3v) is 5.14. The van der Waals surface area contributed by atoms with Gasteiger partial charge in [-0.2, -0.15) is 0 Å². The molecule has 0 saturated carbocycles.